The van der Waals surface area contributed by atoms with Crippen molar-refractivity contribution in [2.75, 3.05) is 13.7 Å². The highest BCUT2D eigenvalue weighted by atomic mass is 79.9. The summed E-state index contributed by atoms with van der Waals surface area (Å²) in [5.41, 5.74) is -0.344. The number of hydrogen-bond acceptors (Lipinski definition) is 3. The van der Waals surface area contributed by atoms with E-state index in [9.17, 15) is 14.3 Å². The molecule has 28 heavy (non-hydrogen) atoms. The lowest BCUT2D eigenvalue weighted by molar-refractivity contribution is 0.00278. The molecule has 1 amide bonds. The van der Waals surface area contributed by atoms with Gasteiger partial charge in [-0.2, -0.15) is 0 Å². The van der Waals surface area contributed by atoms with Crippen molar-refractivity contribution in [3.05, 3.63) is 82.6 Å². The van der Waals surface area contributed by atoms with E-state index in [-0.39, 0.29) is 31.1 Å². The lowest BCUT2D eigenvalue weighted by Crippen LogP contribution is -2.33. The average Bonchev–Trinajstić information content (AvgIpc) is 2.67. The average molecular weight is 450 g/mol. The predicted octanol–water partition coefficient (Wildman–Crippen LogP) is 5.57. The molecule has 1 unspecified atom stereocenters. The molecular formula is C22H25BrFNO3. The van der Waals surface area contributed by atoms with Crippen molar-refractivity contribution in [2.45, 2.75) is 31.4 Å². The summed E-state index contributed by atoms with van der Waals surface area (Å²) < 4.78 is 20.4. The van der Waals surface area contributed by atoms with Crippen LogP contribution in [0.4, 0.5) is 9.18 Å². The molecule has 0 saturated carbocycles. The summed E-state index contributed by atoms with van der Waals surface area (Å²) in [6.45, 7) is 5.49. The minimum atomic E-state index is -1.48. The Kier molecular flexibility index (Phi) is 7.78. The normalized spacial score (nSPS) is 14.0. The van der Waals surface area contributed by atoms with Crippen LogP contribution in [0.1, 0.15) is 36.9 Å². The molecule has 0 aromatic heterocycles. The van der Waals surface area contributed by atoms with Crippen LogP contribution in [0.3, 0.4) is 0 Å². The van der Waals surface area contributed by atoms with Crippen LogP contribution in [0.15, 0.2) is 65.7 Å². The summed E-state index contributed by atoms with van der Waals surface area (Å²) in [4.78, 5) is 13.9. The summed E-state index contributed by atoms with van der Waals surface area (Å²) in [5, 5.41) is 10.9. The molecule has 2 aromatic carbocycles. The van der Waals surface area contributed by atoms with Gasteiger partial charge in [-0.15, -0.1) is 6.58 Å². The van der Waals surface area contributed by atoms with E-state index in [1.54, 1.807) is 19.2 Å². The molecule has 4 nitrogen and oxygen atoms in total. The molecule has 0 heterocycles. The van der Waals surface area contributed by atoms with Crippen LogP contribution in [0.25, 0.3) is 0 Å². The van der Waals surface area contributed by atoms with Gasteiger partial charge in [0.05, 0.1) is 18.2 Å². The van der Waals surface area contributed by atoms with E-state index >= 15 is 0 Å². The van der Waals surface area contributed by atoms with Gasteiger partial charge in [0, 0.05) is 23.5 Å². The molecule has 0 bridgehead atoms. The first-order valence-electron chi connectivity index (χ1n) is 9.02. The zero-order valence-corrected chi connectivity index (χ0v) is 17.7. The van der Waals surface area contributed by atoms with Crippen molar-refractivity contribution in [1.82, 2.24) is 4.90 Å². The van der Waals surface area contributed by atoms with Crippen molar-refractivity contribution in [3.63, 3.8) is 0 Å². The van der Waals surface area contributed by atoms with Crippen LogP contribution in [0.2, 0.25) is 0 Å². The number of rotatable bonds is 8. The van der Waals surface area contributed by atoms with E-state index in [4.69, 9.17) is 4.74 Å². The van der Waals surface area contributed by atoms with E-state index in [1.807, 2.05) is 31.2 Å². The summed E-state index contributed by atoms with van der Waals surface area (Å²) in [6.07, 6.45) is 1.23. The molecule has 0 fully saturated rings. The van der Waals surface area contributed by atoms with Crippen molar-refractivity contribution < 1.29 is 19.0 Å². The summed E-state index contributed by atoms with van der Waals surface area (Å²) in [6, 6.07) is 13.5. The molecule has 0 aliphatic carbocycles. The van der Waals surface area contributed by atoms with E-state index in [2.05, 4.69) is 22.5 Å². The molecule has 0 spiro atoms. The molecule has 150 valence electrons. The van der Waals surface area contributed by atoms with Gasteiger partial charge in [-0.25, -0.2) is 9.18 Å². The Hall–Kier alpha value is -2.18. The number of halogens is 2. The molecule has 2 aromatic rings. The third-order valence-corrected chi connectivity index (χ3v) is 5.35. The van der Waals surface area contributed by atoms with Gasteiger partial charge in [-0.05, 0) is 37.1 Å². The SMILES string of the molecule is C=CC[C@](O)(CCOC(=O)N(C)C(C)c1ccc(Br)cc1)c1ccccc1F. The Morgan fingerprint density at radius 1 is 1.32 bits per heavy atom. The van der Waals surface area contributed by atoms with Gasteiger partial charge in [0.1, 0.15) is 5.82 Å². The van der Waals surface area contributed by atoms with Crippen LogP contribution >= 0.6 is 15.9 Å². The first-order valence-corrected chi connectivity index (χ1v) is 9.81. The lowest BCUT2D eigenvalue weighted by atomic mass is 9.87. The molecule has 2 atom stereocenters. The maximum atomic E-state index is 14.1. The summed E-state index contributed by atoms with van der Waals surface area (Å²) in [7, 11) is 1.65. The quantitative estimate of drug-likeness (QED) is 0.535. The molecule has 0 saturated heterocycles. The third kappa shape index (κ3) is 5.42. The molecule has 0 aliphatic heterocycles. The number of nitrogens with zero attached hydrogens (tertiary/aromatic N) is 1. The summed E-state index contributed by atoms with van der Waals surface area (Å²) in [5.74, 6) is -0.501. The molecule has 0 radical (unpaired) electrons. The Morgan fingerprint density at radius 3 is 2.57 bits per heavy atom. The number of amides is 1. The molecule has 1 N–H and O–H groups in total. The second-order valence-corrected chi connectivity index (χ2v) is 7.62. The lowest BCUT2D eigenvalue weighted by Gasteiger charge is -2.29. The minimum Gasteiger partial charge on any atom is -0.449 e. The third-order valence-electron chi connectivity index (χ3n) is 4.82. The predicted molar refractivity (Wildman–Crippen MR) is 111 cm³/mol. The molecule has 0 aliphatic rings. The van der Waals surface area contributed by atoms with Crippen LogP contribution in [0.5, 0.6) is 0 Å². The number of hydrogen-bond donors (Lipinski definition) is 1. The van der Waals surface area contributed by atoms with E-state index < -0.39 is 17.5 Å². The first kappa shape index (κ1) is 22.1. The smallest absolute Gasteiger partial charge is 0.410 e. The molecular weight excluding hydrogens is 425 g/mol. The van der Waals surface area contributed by atoms with Gasteiger partial charge in [0.2, 0.25) is 0 Å². The monoisotopic (exact) mass is 449 g/mol. The maximum absolute atomic E-state index is 14.1. The van der Waals surface area contributed by atoms with Crippen molar-refractivity contribution >= 4 is 22.0 Å². The number of carbonyl (C=O) groups is 1. The van der Waals surface area contributed by atoms with Crippen LogP contribution in [-0.4, -0.2) is 29.8 Å². The fourth-order valence-corrected chi connectivity index (χ4v) is 3.22. The van der Waals surface area contributed by atoms with Gasteiger partial charge >= 0.3 is 6.09 Å². The zero-order chi connectivity index (χ0) is 20.7. The highest BCUT2D eigenvalue weighted by Crippen LogP contribution is 2.31. The fourth-order valence-electron chi connectivity index (χ4n) is 2.96. The Morgan fingerprint density at radius 2 is 1.96 bits per heavy atom. The molecule has 2 rings (SSSR count). The first-order chi connectivity index (χ1) is 13.3. The van der Waals surface area contributed by atoms with Crippen LogP contribution in [0, 0.1) is 5.82 Å². The van der Waals surface area contributed by atoms with Gasteiger partial charge in [-0.1, -0.05) is 52.3 Å². The maximum Gasteiger partial charge on any atom is 0.410 e. The number of ether oxygens (including phenoxy) is 1. The topological polar surface area (TPSA) is 49.8 Å². The van der Waals surface area contributed by atoms with E-state index in [0.717, 1.165) is 10.0 Å². The van der Waals surface area contributed by atoms with Crippen molar-refractivity contribution in [2.24, 2.45) is 0 Å². The molecule has 6 heteroatoms. The number of carbonyl (C=O) groups excluding carboxylic acids is 1. The fraction of sp³-hybridized carbons (Fsp3) is 0.318. The van der Waals surface area contributed by atoms with Gasteiger partial charge in [-0.3, -0.25) is 0 Å². The second kappa shape index (κ2) is 9.85. The zero-order valence-electron chi connectivity index (χ0n) is 16.1. The van der Waals surface area contributed by atoms with Crippen molar-refractivity contribution in [1.29, 1.82) is 0 Å². The van der Waals surface area contributed by atoms with Gasteiger partial charge in [0.15, 0.2) is 0 Å². The van der Waals surface area contributed by atoms with Crippen LogP contribution in [-0.2, 0) is 10.3 Å². The van der Waals surface area contributed by atoms with Gasteiger partial charge < -0.3 is 14.7 Å². The summed E-state index contributed by atoms with van der Waals surface area (Å²) >= 11 is 3.39. The highest BCUT2D eigenvalue weighted by Gasteiger charge is 2.31. The van der Waals surface area contributed by atoms with E-state index in [1.165, 1.54) is 23.1 Å². The Labute approximate surface area is 173 Å². The van der Waals surface area contributed by atoms with Crippen molar-refractivity contribution in [3.8, 4) is 0 Å². The van der Waals surface area contributed by atoms with Crippen LogP contribution < -0.4 is 0 Å². The number of benzene rings is 2. The van der Waals surface area contributed by atoms with Gasteiger partial charge in [0.25, 0.3) is 0 Å². The Balaban J connectivity index is 1.99. The standard InChI is InChI=1S/C22H25BrFNO3/c1-4-13-22(27,19-7-5-6-8-20(19)24)14-15-28-21(26)25(3)16(2)17-9-11-18(23)12-10-17/h4-12,16,27H,1,13-15H2,2-3H3/t16?,22-/m0/s1. The Bertz CT molecular complexity index is 812. The second-order valence-electron chi connectivity index (χ2n) is 6.71. The highest BCUT2D eigenvalue weighted by molar-refractivity contribution is 9.10. The minimum absolute atomic E-state index is 0.0467. The largest absolute Gasteiger partial charge is 0.449 e. The van der Waals surface area contributed by atoms with E-state index in [0.29, 0.717) is 0 Å². The number of aliphatic hydroxyl groups is 1.